The van der Waals surface area contributed by atoms with Crippen LogP contribution < -0.4 is 10.6 Å². The molecule has 5 nitrogen and oxygen atoms in total. The van der Waals surface area contributed by atoms with Crippen molar-refractivity contribution in [1.29, 1.82) is 0 Å². The Kier molecular flexibility index (Phi) is 4.66. The Hall–Kier alpha value is -2.56. The maximum Gasteiger partial charge on any atom is 0.315 e. The molecule has 25 heavy (non-hydrogen) atoms. The average molecular weight is 339 g/mol. The number of amides is 3. The van der Waals surface area contributed by atoms with Crippen LogP contribution in [-0.2, 0) is 11.3 Å². The minimum Gasteiger partial charge on any atom is -0.336 e. The lowest BCUT2D eigenvalue weighted by molar-refractivity contribution is -0.128. The first-order valence-corrected chi connectivity index (χ1v) is 8.65. The maximum absolute atomic E-state index is 12.3. The van der Waals surface area contributed by atoms with Gasteiger partial charge in [-0.3, -0.25) is 4.79 Å². The van der Waals surface area contributed by atoms with Crippen LogP contribution in [0.5, 0.6) is 0 Å². The second-order valence-electron chi connectivity index (χ2n) is 7.66. The minimum absolute atomic E-state index is 0.0778. The summed E-state index contributed by atoms with van der Waals surface area (Å²) in [6.07, 6.45) is 0.350. The topological polar surface area (TPSA) is 61.4 Å². The molecule has 1 fully saturated rings. The molecule has 1 atom stereocenters. The van der Waals surface area contributed by atoms with Crippen LogP contribution in [0.3, 0.4) is 0 Å². The molecule has 1 aliphatic rings. The lowest BCUT2D eigenvalue weighted by atomic mass is 10.0. The Bertz CT molecular complexity index is 790. The number of urea groups is 1. The zero-order valence-electron chi connectivity index (χ0n) is 15.0. The average Bonchev–Trinajstić information content (AvgIpc) is 2.85. The molecule has 0 aliphatic carbocycles. The number of benzene rings is 2. The van der Waals surface area contributed by atoms with Gasteiger partial charge in [0.15, 0.2) is 0 Å². The van der Waals surface area contributed by atoms with Crippen LogP contribution in [0.25, 0.3) is 10.8 Å². The van der Waals surface area contributed by atoms with E-state index in [4.69, 9.17) is 0 Å². The first kappa shape index (κ1) is 17.3. The second kappa shape index (κ2) is 6.75. The fourth-order valence-electron chi connectivity index (χ4n) is 3.22. The smallest absolute Gasteiger partial charge is 0.315 e. The molecule has 0 unspecified atom stereocenters. The van der Waals surface area contributed by atoms with E-state index in [1.165, 1.54) is 10.8 Å². The predicted molar refractivity (Wildman–Crippen MR) is 99.2 cm³/mol. The summed E-state index contributed by atoms with van der Waals surface area (Å²) in [5.74, 6) is 0.0778. The van der Waals surface area contributed by atoms with Gasteiger partial charge in [0.25, 0.3) is 0 Å². The van der Waals surface area contributed by atoms with Gasteiger partial charge in [-0.25, -0.2) is 4.79 Å². The van der Waals surface area contributed by atoms with Crippen molar-refractivity contribution in [3.8, 4) is 0 Å². The molecule has 0 bridgehead atoms. The van der Waals surface area contributed by atoms with Crippen molar-refractivity contribution >= 4 is 22.7 Å². The van der Waals surface area contributed by atoms with Crippen LogP contribution in [-0.4, -0.2) is 35.0 Å². The number of hydrogen-bond donors (Lipinski definition) is 2. The number of rotatable bonds is 3. The van der Waals surface area contributed by atoms with Gasteiger partial charge in [0.05, 0.1) is 6.04 Å². The zero-order chi connectivity index (χ0) is 18.0. The van der Waals surface area contributed by atoms with E-state index in [1.54, 1.807) is 0 Å². The van der Waals surface area contributed by atoms with Crippen LogP contribution in [0, 0.1) is 0 Å². The van der Waals surface area contributed by atoms with E-state index in [2.05, 4.69) is 34.9 Å². The van der Waals surface area contributed by atoms with Crippen LogP contribution in [0.1, 0.15) is 32.8 Å². The molecule has 132 valence electrons. The molecule has 3 rings (SSSR count). The van der Waals surface area contributed by atoms with E-state index in [-0.39, 0.29) is 23.5 Å². The lowest BCUT2D eigenvalue weighted by Crippen LogP contribution is -2.50. The minimum atomic E-state index is -0.296. The molecule has 1 saturated heterocycles. The van der Waals surface area contributed by atoms with Crippen LogP contribution in [0.15, 0.2) is 42.5 Å². The molecule has 0 saturated carbocycles. The molecule has 2 aromatic rings. The molecular weight excluding hydrogens is 314 g/mol. The molecule has 2 N–H and O–H groups in total. The highest BCUT2D eigenvalue weighted by Crippen LogP contribution is 2.22. The maximum atomic E-state index is 12.3. The zero-order valence-corrected chi connectivity index (χ0v) is 15.0. The van der Waals surface area contributed by atoms with Crippen molar-refractivity contribution in [2.45, 2.75) is 45.3 Å². The Morgan fingerprint density at radius 1 is 1.16 bits per heavy atom. The third-order valence-corrected chi connectivity index (χ3v) is 4.28. The summed E-state index contributed by atoms with van der Waals surface area (Å²) >= 11 is 0. The Balaban J connectivity index is 1.66. The molecule has 3 amide bonds. The summed E-state index contributed by atoms with van der Waals surface area (Å²) in [5, 5.41) is 8.11. The van der Waals surface area contributed by atoms with Gasteiger partial charge in [0.2, 0.25) is 5.91 Å². The van der Waals surface area contributed by atoms with Gasteiger partial charge in [-0.1, -0.05) is 42.5 Å². The highest BCUT2D eigenvalue weighted by Gasteiger charge is 2.31. The Labute approximate surface area is 148 Å². The van der Waals surface area contributed by atoms with Crippen molar-refractivity contribution in [2.24, 2.45) is 0 Å². The highest BCUT2D eigenvalue weighted by molar-refractivity contribution is 5.87. The van der Waals surface area contributed by atoms with Crippen molar-refractivity contribution < 1.29 is 9.59 Å². The number of fused-ring (bicyclic) bond motifs is 1. The number of carbonyl (C=O) groups is 2. The summed E-state index contributed by atoms with van der Waals surface area (Å²) in [7, 11) is 0. The highest BCUT2D eigenvalue weighted by atomic mass is 16.2. The number of hydrogen-bond acceptors (Lipinski definition) is 2. The van der Waals surface area contributed by atoms with E-state index in [1.807, 2.05) is 43.9 Å². The quantitative estimate of drug-likeness (QED) is 0.903. The molecule has 5 heteroatoms. The molecule has 0 radical (unpaired) electrons. The van der Waals surface area contributed by atoms with E-state index >= 15 is 0 Å². The van der Waals surface area contributed by atoms with Crippen molar-refractivity contribution in [2.75, 3.05) is 6.54 Å². The monoisotopic (exact) mass is 339 g/mol. The molecule has 2 aromatic carbocycles. The predicted octanol–water partition coefficient (Wildman–Crippen LogP) is 3.04. The SMILES string of the molecule is CC(C)(C)NC(=O)N[C@H]1CC(=O)N(Cc2cccc3ccccc23)C1. The van der Waals surface area contributed by atoms with Gasteiger partial charge in [0, 0.05) is 25.0 Å². The summed E-state index contributed by atoms with van der Waals surface area (Å²) in [6.45, 7) is 6.90. The summed E-state index contributed by atoms with van der Waals surface area (Å²) < 4.78 is 0. The van der Waals surface area contributed by atoms with Gasteiger partial charge < -0.3 is 15.5 Å². The van der Waals surface area contributed by atoms with Crippen LogP contribution in [0.2, 0.25) is 0 Å². The lowest BCUT2D eigenvalue weighted by Gasteiger charge is -2.23. The van der Waals surface area contributed by atoms with Gasteiger partial charge in [-0.15, -0.1) is 0 Å². The summed E-state index contributed by atoms with van der Waals surface area (Å²) in [6, 6.07) is 14.0. The fourth-order valence-corrected chi connectivity index (χ4v) is 3.22. The van der Waals surface area contributed by atoms with E-state index in [9.17, 15) is 9.59 Å². The fraction of sp³-hybridized carbons (Fsp3) is 0.400. The van der Waals surface area contributed by atoms with Crippen molar-refractivity contribution in [1.82, 2.24) is 15.5 Å². The molecule has 1 heterocycles. The van der Waals surface area contributed by atoms with Gasteiger partial charge in [-0.2, -0.15) is 0 Å². The molecule has 0 spiro atoms. The molecular formula is C20H25N3O2. The third kappa shape index (κ3) is 4.29. The van der Waals surface area contributed by atoms with Gasteiger partial charge >= 0.3 is 6.03 Å². The standard InChI is InChI=1S/C20H25N3O2/c1-20(2,3)22-19(25)21-16-11-18(24)23(13-16)12-15-9-6-8-14-7-4-5-10-17(14)15/h4-10,16H,11-13H2,1-3H3,(H2,21,22,25)/t16-/m0/s1. The number of nitrogens with zero attached hydrogens (tertiary/aromatic N) is 1. The number of nitrogens with one attached hydrogen (secondary N) is 2. The summed E-state index contributed by atoms with van der Waals surface area (Å²) in [5.41, 5.74) is 0.834. The first-order chi connectivity index (χ1) is 11.8. The van der Waals surface area contributed by atoms with Gasteiger partial charge in [0.1, 0.15) is 0 Å². The second-order valence-corrected chi connectivity index (χ2v) is 7.66. The van der Waals surface area contributed by atoms with Crippen LogP contribution >= 0.6 is 0 Å². The third-order valence-electron chi connectivity index (χ3n) is 4.28. The number of likely N-dealkylation sites (tertiary alicyclic amines) is 1. The van der Waals surface area contributed by atoms with Gasteiger partial charge in [-0.05, 0) is 37.1 Å². The first-order valence-electron chi connectivity index (χ1n) is 8.65. The van der Waals surface area contributed by atoms with E-state index in [0.29, 0.717) is 19.5 Å². The molecule has 0 aromatic heterocycles. The van der Waals surface area contributed by atoms with E-state index in [0.717, 1.165) is 5.56 Å². The van der Waals surface area contributed by atoms with Crippen molar-refractivity contribution in [3.05, 3.63) is 48.0 Å². The normalized spacial score (nSPS) is 17.8. The van der Waals surface area contributed by atoms with E-state index < -0.39 is 0 Å². The Morgan fingerprint density at radius 3 is 2.64 bits per heavy atom. The van der Waals surface area contributed by atoms with Crippen LogP contribution in [0.4, 0.5) is 4.79 Å². The van der Waals surface area contributed by atoms with Crippen molar-refractivity contribution in [3.63, 3.8) is 0 Å². The summed E-state index contributed by atoms with van der Waals surface area (Å²) in [4.78, 5) is 26.2. The molecule has 1 aliphatic heterocycles. The largest absolute Gasteiger partial charge is 0.336 e. The number of carbonyl (C=O) groups excluding carboxylic acids is 2. The Morgan fingerprint density at radius 2 is 1.88 bits per heavy atom.